The summed E-state index contributed by atoms with van der Waals surface area (Å²) in [5.74, 6) is 0.814. The number of carbonyl (C=O) groups excluding carboxylic acids is 1. The summed E-state index contributed by atoms with van der Waals surface area (Å²) >= 11 is 0. The van der Waals surface area contributed by atoms with Gasteiger partial charge < -0.3 is 15.7 Å². The monoisotopic (exact) mass is 322 g/mol. The Morgan fingerprint density at radius 3 is 2.83 bits per heavy atom. The molecule has 1 heterocycles. The van der Waals surface area contributed by atoms with E-state index in [-0.39, 0.29) is 11.7 Å². The Morgan fingerprint density at radius 2 is 1.96 bits per heavy atom. The second kappa shape index (κ2) is 7.41. The minimum atomic E-state index is -0.0880. The smallest absolute Gasteiger partial charge is 0.224 e. The molecule has 24 heavy (non-hydrogen) atoms. The maximum absolute atomic E-state index is 11.9. The number of nitrogens with zero attached hydrogens (tertiary/aromatic N) is 2. The molecule has 0 saturated carbocycles. The van der Waals surface area contributed by atoms with Crippen molar-refractivity contribution in [2.75, 3.05) is 17.2 Å². The van der Waals surface area contributed by atoms with Gasteiger partial charge in [0.05, 0.1) is 5.52 Å². The van der Waals surface area contributed by atoms with Crippen LogP contribution in [0.3, 0.4) is 0 Å². The van der Waals surface area contributed by atoms with Crippen LogP contribution in [0.5, 0.6) is 5.75 Å². The molecule has 1 amide bonds. The Kier molecular flexibility index (Phi) is 4.86. The zero-order chi connectivity index (χ0) is 16.8. The summed E-state index contributed by atoms with van der Waals surface area (Å²) in [4.78, 5) is 20.4. The van der Waals surface area contributed by atoms with Gasteiger partial charge in [-0.15, -0.1) is 0 Å². The lowest BCUT2D eigenvalue weighted by Gasteiger charge is -2.08. The Bertz CT molecular complexity index is 846. The molecule has 0 unspecified atom stereocenters. The Balaban J connectivity index is 1.49. The van der Waals surface area contributed by atoms with E-state index in [0.29, 0.717) is 25.1 Å². The number of hydrogen-bond acceptors (Lipinski definition) is 5. The highest BCUT2D eigenvalue weighted by atomic mass is 16.3. The topological polar surface area (TPSA) is 87.1 Å². The van der Waals surface area contributed by atoms with E-state index in [1.54, 1.807) is 18.2 Å². The zero-order valence-corrected chi connectivity index (χ0v) is 13.1. The number of benzene rings is 2. The zero-order valence-electron chi connectivity index (χ0n) is 13.1. The van der Waals surface area contributed by atoms with Gasteiger partial charge in [0.15, 0.2) is 0 Å². The third-order valence-electron chi connectivity index (χ3n) is 3.55. The third kappa shape index (κ3) is 3.98. The number of aromatic nitrogens is 2. The van der Waals surface area contributed by atoms with Crippen molar-refractivity contribution in [2.45, 2.75) is 12.8 Å². The van der Waals surface area contributed by atoms with Crippen molar-refractivity contribution in [3.63, 3.8) is 0 Å². The average Bonchev–Trinajstić information content (AvgIpc) is 2.59. The summed E-state index contributed by atoms with van der Waals surface area (Å²) in [5, 5.41) is 16.3. The highest BCUT2D eigenvalue weighted by Crippen LogP contribution is 2.18. The SMILES string of the molecule is O=C(CCCNc1ncnc2ccccc12)Nc1cccc(O)c1. The molecule has 0 bridgehead atoms. The number of aromatic hydroxyl groups is 1. The molecule has 0 saturated heterocycles. The molecule has 1 aromatic heterocycles. The van der Waals surface area contributed by atoms with Gasteiger partial charge in [-0.2, -0.15) is 0 Å². The van der Waals surface area contributed by atoms with E-state index < -0.39 is 0 Å². The number of phenols is 1. The van der Waals surface area contributed by atoms with E-state index >= 15 is 0 Å². The van der Waals surface area contributed by atoms with Gasteiger partial charge in [0.1, 0.15) is 17.9 Å². The molecule has 0 radical (unpaired) electrons. The molecule has 0 spiro atoms. The van der Waals surface area contributed by atoms with Crippen LogP contribution < -0.4 is 10.6 Å². The Hall–Kier alpha value is -3.15. The number of phenolic OH excluding ortho intramolecular Hbond substituents is 1. The second-order valence-electron chi connectivity index (χ2n) is 5.37. The van der Waals surface area contributed by atoms with E-state index in [4.69, 9.17) is 0 Å². The van der Waals surface area contributed by atoms with Crippen LogP contribution in [-0.2, 0) is 4.79 Å². The molecule has 0 aliphatic heterocycles. The standard InChI is InChI=1S/C18H18N4O2/c23-14-6-3-5-13(11-14)22-17(24)9-4-10-19-18-15-7-1-2-8-16(15)20-12-21-18/h1-3,5-8,11-12,23H,4,9-10H2,(H,22,24)(H,19,20,21). The van der Waals surface area contributed by atoms with E-state index in [1.165, 1.54) is 12.4 Å². The van der Waals surface area contributed by atoms with Crippen molar-refractivity contribution in [3.05, 3.63) is 54.9 Å². The summed E-state index contributed by atoms with van der Waals surface area (Å²) in [5.41, 5.74) is 1.48. The molecular formula is C18H18N4O2. The third-order valence-corrected chi connectivity index (χ3v) is 3.55. The first-order chi connectivity index (χ1) is 11.7. The van der Waals surface area contributed by atoms with Gasteiger partial charge in [-0.05, 0) is 30.7 Å². The van der Waals surface area contributed by atoms with Crippen LogP contribution in [0.4, 0.5) is 11.5 Å². The normalized spacial score (nSPS) is 10.5. The summed E-state index contributed by atoms with van der Waals surface area (Å²) < 4.78 is 0. The quantitative estimate of drug-likeness (QED) is 0.607. The molecule has 122 valence electrons. The fourth-order valence-corrected chi connectivity index (χ4v) is 2.41. The minimum Gasteiger partial charge on any atom is -0.508 e. The number of nitrogens with one attached hydrogen (secondary N) is 2. The molecule has 0 fully saturated rings. The number of anilines is 2. The fraction of sp³-hybridized carbons (Fsp3) is 0.167. The van der Waals surface area contributed by atoms with Gasteiger partial charge in [-0.25, -0.2) is 9.97 Å². The van der Waals surface area contributed by atoms with Crippen molar-refractivity contribution in [1.29, 1.82) is 0 Å². The molecule has 0 aliphatic rings. The molecule has 6 nitrogen and oxygen atoms in total. The number of carbonyl (C=O) groups is 1. The summed E-state index contributed by atoms with van der Waals surface area (Å²) in [7, 11) is 0. The first kappa shape index (κ1) is 15.7. The first-order valence-electron chi connectivity index (χ1n) is 7.75. The van der Waals surface area contributed by atoms with Crippen LogP contribution in [0.1, 0.15) is 12.8 Å². The first-order valence-corrected chi connectivity index (χ1v) is 7.75. The van der Waals surface area contributed by atoms with E-state index in [2.05, 4.69) is 20.6 Å². The maximum Gasteiger partial charge on any atom is 0.224 e. The van der Waals surface area contributed by atoms with Gasteiger partial charge in [0, 0.05) is 30.1 Å². The minimum absolute atomic E-state index is 0.0880. The van der Waals surface area contributed by atoms with Crippen molar-refractivity contribution in [3.8, 4) is 5.75 Å². The van der Waals surface area contributed by atoms with Crippen LogP contribution in [0, 0.1) is 0 Å². The highest BCUT2D eigenvalue weighted by molar-refractivity contribution is 5.91. The van der Waals surface area contributed by atoms with Crippen molar-refractivity contribution in [1.82, 2.24) is 9.97 Å². The highest BCUT2D eigenvalue weighted by Gasteiger charge is 2.05. The van der Waals surface area contributed by atoms with Gasteiger partial charge in [-0.3, -0.25) is 4.79 Å². The fourth-order valence-electron chi connectivity index (χ4n) is 2.41. The van der Waals surface area contributed by atoms with E-state index in [0.717, 1.165) is 16.7 Å². The molecule has 0 atom stereocenters. The van der Waals surface area contributed by atoms with Crippen LogP contribution in [0.15, 0.2) is 54.9 Å². The number of fused-ring (bicyclic) bond motifs is 1. The lowest BCUT2D eigenvalue weighted by atomic mass is 10.2. The molecule has 2 aromatic carbocycles. The van der Waals surface area contributed by atoms with Crippen molar-refractivity contribution in [2.24, 2.45) is 0 Å². The molecule has 3 N–H and O–H groups in total. The van der Waals surface area contributed by atoms with E-state index in [1.807, 2.05) is 24.3 Å². The van der Waals surface area contributed by atoms with Crippen molar-refractivity contribution >= 4 is 28.3 Å². The van der Waals surface area contributed by atoms with Crippen LogP contribution in [-0.4, -0.2) is 27.5 Å². The predicted octanol–water partition coefficient (Wildman–Crippen LogP) is 3.17. The molecule has 6 heteroatoms. The summed E-state index contributed by atoms with van der Waals surface area (Å²) in [6.07, 6.45) is 2.58. The van der Waals surface area contributed by atoms with Gasteiger partial charge in [0.25, 0.3) is 0 Å². The predicted molar refractivity (Wildman–Crippen MR) is 94.0 cm³/mol. The Morgan fingerprint density at radius 1 is 1.08 bits per heavy atom. The van der Waals surface area contributed by atoms with Crippen molar-refractivity contribution < 1.29 is 9.90 Å². The van der Waals surface area contributed by atoms with Crippen LogP contribution >= 0.6 is 0 Å². The van der Waals surface area contributed by atoms with Gasteiger partial charge in [0.2, 0.25) is 5.91 Å². The van der Waals surface area contributed by atoms with Crippen LogP contribution in [0.25, 0.3) is 10.9 Å². The lowest BCUT2D eigenvalue weighted by Crippen LogP contribution is -2.13. The number of rotatable bonds is 6. The van der Waals surface area contributed by atoms with Crippen LogP contribution in [0.2, 0.25) is 0 Å². The second-order valence-corrected chi connectivity index (χ2v) is 5.37. The number of amides is 1. The molecular weight excluding hydrogens is 304 g/mol. The summed E-state index contributed by atoms with van der Waals surface area (Å²) in [6.45, 7) is 0.633. The lowest BCUT2D eigenvalue weighted by molar-refractivity contribution is -0.116. The molecule has 3 aromatic rings. The summed E-state index contributed by atoms with van der Waals surface area (Å²) in [6, 6.07) is 14.3. The maximum atomic E-state index is 11.9. The van der Waals surface area contributed by atoms with Gasteiger partial charge >= 0.3 is 0 Å². The van der Waals surface area contributed by atoms with E-state index in [9.17, 15) is 9.90 Å². The largest absolute Gasteiger partial charge is 0.508 e. The molecule has 3 rings (SSSR count). The van der Waals surface area contributed by atoms with Gasteiger partial charge in [-0.1, -0.05) is 18.2 Å². The molecule has 0 aliphatic carbocycles. The Labute approximate surface area is 139 Å². The average molecular weight is 322 g/mol. The number of hydrogen-bond donors (Lipinski definition) is 3. The number of para-hydroxylation sites is 1.